The minimum atomic E-state index is -0.105. The van der Waals surface area contributed by atoms with E-state index in [1.54, 1.807) is 30.7 Å². The lowest BCUT2D eigenvalue weighted by atomic mass is 9.90. The third kappa shape index (κ3) is 3.57. The zero-order valence-corrected chi connectivity index (χ0v) is 16.4. The van der Waals surface area contributed by atoms with Crippen LogP contribution in [0.3, 0.4) is 0 Å². The predicted molar refractivity (Wildman–Crippen MR) is 110 cm³/mol. The van der Waals surface area contributed by atoms with E-state index < -0.39 is 0 Å². The van der Waals surface area contributed by atoms with Crippen molar-refractivity contribution in [2.45, 2.75) is 26.2 Å². The number of carbonyl (C=O) groups is 1. The third-order valence-electron chi connectivity index (χ3n) is 5.75. The number of piperidine rings is 1. The Morgan fingerprint density at radius 1 is 1.11 bits per heavy atom. The first-order valence-electron chi connectivity index (χ1n) is 9.83. The topological polar surface area (TPSA) is 55.2 Å². The molecular formula is C23H25N3O2. The Kier molecular flexibility index (Phi) is 4.99. The maximum Gasteiger partial charge on any atom is 0.272 e. The number of fused-ring (bicyclic) bond motifs is 1. The first-order valence-corrected chi connectivity index (χ1v) is 9.83. The van der Waals surface area contributed by atoms with Gasteiger partial charge in [0.05, 0.1) is 11.0 Å². The Bertz CT molecular complexity index is 1060. The normalized spacial score (nSPS) is 15.1. The van der Waals surface area contributed by atoms with Crippen molar-refractivity contribution >= 4 is 16.9 Å². The van der Waals surface area contributed by atoms with Crippen molar-refractivity contribution in [1.29, 1.82) is 0 Å². The Labute approximate surface area is 164 Å². The van der Waals surface area contributed by atoms with Gasteiger partial charge in [0, 0.05) is 25.7 Å². The number of hydrogen-bond donors (Lipinski definition) is 0. The van der Waals surface area contributed by atoms with Crippen LogP contribution in [0.25, 0.3) is 11.0 Å². The fraction of sp³-hybridized carbons (Fsp3) is 0.348. The second-order valence-electron chi connectivity index (χ2n) is 7.69. The van der Waals surface area contributed by atoms with Gasteiger partial charge in [0.2, 0.25) is 0 Å². The van der Waals surface area contributed by atoms with Crippen LogP contribution < -0.4 is 5.56 Å². The largest absolute Gasteiger partial charge is 0.339 e. The van der Waals surface area contributed by atoms with Crippen molar-refractivity contribution in [2.75, 3.05) is 13.1 Å². The summed E-state index contributed by atoms with van der Waals surface area (Å²) in [4.78, 5) is 31.3. The number of hydrogen-bond acceptors (Lipinski definition) is 3. The van der Waals surface area contributed by atoms with E-state index in [0.717, 1.165) is 37.9 Å². The number of amides is 1. The van der Waals surface area contributed by atoms with E-state index in [1.165, 1.54) is 5.56 Å². The van der Waals surface area contributed by atoms with Gasteiger partial charge in [-0.25, -0.2) is 4.98 Å². The minimum Gasteiger partial charge on any atom is -0.339 e. The standard InChI is InChI=1S/C23H25N3O2/c1-16-22(27)25(2)21-9-8-19(15-20(21)24-16)23(28)26-12-10-18(11-13-26)14-17-6-4-3-5-7-17/h3-9,15,18H,10-14H2,1-2H3. The smallest absolute Gasteiger partial charge is 0.272 e. The third-order valence-corrected chi connectivity index (χ3v) is 5.75. The molecule has 1 aliphatic rings. The van der Waals surface area contributed by atoms with Gasteiger partial charge in [-0.2, -0.15) is 0 Å². The van der Waals surface area contributed by atoms with Crippen LogP contribution in [-0.4, -0.2) is 33.4 Å². The molecular weight excluding hydrogens is 350 g/mol. The summed E-state index contributed by atoms with van der Waals surface area (Å²) in [6, 6.07) is 16.0. The van der Waals surface area contributed by atoms with E-state index in [2.05, 4.69) is 29.2 Å². The first kappa shape index (κ1) is 18.4. The zero-order chi connectivity index (χ0) is 19.7. The molecule has 28 heavy (non-hydrogen) atoms. The van der Waals surface area contributed by atoms with E-state index in [0.29, 0.717) is 22.7 Å². The van der Waals surface area contributed by atoms with Crippen LogP contribution in [-0.2, 0) is 13.5 Å². The summed E-state index contributed by atoms with van der Waals surface area (Å²) < 4.78 is 1.58. The summed E-state index contributed by atoms with van der Waals surface area (Å²) in [5.74, 6) is 0.676. The summed E-state index contributed by atoms with van der Waals surface area (Å²) in [5, 5.41) is 0. The summed E-state index contributed by atoms with van der Waals surface area (Å²) in [5.41, 5.74) is 3.78. The molecule has 1 fully saturated rings. The average molecular weight is 375 g/mol. The second kappa shape index (κ2) is 7.58. The molecule has 2 heterocycles. The van der Waals surface area contributed by atoms with Crippen molar-refractivity contribution in [3.05, 3.63) is 75.7 Å². The van der Waals surface area contributed by atoms with Crippen molar-refractivity contribution in [3.63, 3.8) is 0 Å². The molecule has 2 aromatic carbocycles. The quantitative estimate of drug-likeness (QED) is 0.706. The van der Waals surface area contributed by atoms with Crippen LogP contribution in [0.15, 0.2) is 53.3 Å². The van der Waals surface area contributed by atoms with Gasteiger partial charge in [-0.3, -0.25) is 9.59 Å². The molecule has 0 saturated carbocycles. The van der Waals surface area contributed by atoms with E-state index in [4.69, 9.17) is 0 Å². The molecule has 5 heteroatoms. The molecule has 0 bridgehead atoms. The predicted octanol–water partition coefficient (Wildman–Crippen LogP) is 3.34. The lowest BCUT2D eigenvalue weighted by Gasteiger charge is -2.32. The highest BCUT2D eigenvalue weighted by Crippen LogP contribution is 2.23. The van der Waals surface area contributed by atoms with Gasteiger partial charge in [0.25, 0.3) is 11.5 Å². The van der Waals surface area contributed by atoms with Gasteiger partial charge in [-0.15, -0.1) is 0 Å². The van der Waals surface area contributed by atoms with E-state index in [1.807, 2.05) is 17.0 Å². The van der Waals surface area contributed by atoms with Gasteiger partial charge < -0.3 is 9.47 Å². The lowest BCUT2D eigenvalue weighted by Crippen LogP contribution is -2.39. The molecule has 0 N–H and O–H groups in total. The second-order valence-corrected chi connectivity index (χ2v) is 7.69. The Morgan fingerprint density at radius 3 is 2.54 bits per heavy atom. The molecule has 0 spiro atoms. The Hall–Kier alpha value is -2.95. The van der Waals surface area contributed by atoms with Crippen LogP contribution in [0.5, 0.6) is 0 Å². The van der Waals surface area contributed by atoms with Gasteiger partial charge in [0.15, 0.2) is 0 Å². The summed E-state index contributed by atoms with van der Waals surface area (Å²) in [7, 11) is 1.73. The maximum absolute atomic E-state index is 13.0. The van der Waals surface area contributed by atoms with Crippen molar-refractivity contribution in [1.82, 2.24) is 14.5 Å². The molecule has 4 rings (SSSR count). The van der Waals surface area contributed by atoms with Gasteiger partial charge >= 0.3 is 0 Å². The number of likely N-dealkylation sites (tertiary alicyclic amines) is 1. The van der Waals surface area contributed by atoms with Gasteiger partial charge in [-0.1, -0.05) is 30.3 Å². The molecule has 1 aliphatic heterocycles. The zero-order valence-electron chi connectivity index (χ0n) is 16.4. The van der Waals surface area contributed by atoms with Crippen LogP contribution >= 0.6 is 0 Å². The van der Waals surface area contributed by atoms with Crippen molar-refractivity contribution < 1.29 is 4.79 Å². The fourth-order valence-electron chi connectivity index (χ4n) is 4.08. The molecule has 1 amide bonds. The minimum absolute atomic E-state index is 0.0494. The first-order chi connectivity index (χ1) is 13.5. The molecule has 144 valence electrons. The number of nitrogens with zero attached hydrogens (tertiary/aromatic N) is 3. The van der Waals surface area contributed by atoms with Crippen LogP contribution in [0.4, 0.5) is 0 Å². The molecule has 0 aliphatic carbocycles. The SMILES string of the molecule is Cc1nc2cc(C(=O)N3CCC(Cc4ccccc4)CC3)ccc2n(C)c1=O. The highest BCUT2D eigenvalue weighted by molar-refractivity contribution is 5.97. The number of carbonyl (C=O) groups excluding carboxylic acids is 1. The van der Waals surface area contributed by atoms with Gasteiger partial charge in [0.1, 0.15) is 5.69 Å². The maximum atomic E-state index is 13.0. The lowest BCUT2D eigenvalue weighted by molar-refractivity contribution is 0.0690. The Morgan fingerprint density at radius 2 is 1.82 bits per heavy atom. The summed E-state index contributed by atoms with van der Waals surface area (Å²) in [6.45, 7) is 3.27. The van der Waals surface area contributed by atoms with Crippen molar-refractivity contribution in [2.24, 2.45) is 13.0 Å². The number of aryl methyl sites for hydroxylation is 2. The number of aromatic nitrogens is 2. The highest BCUT2D eigenvalue weighted by atomic mass is 16.2. The molecule has 1 saturated heterocycles. The van der Waals surface area contributed by atoms with Gasteiger partial charge in [-0.05, 0) is 55.9 Å². The molecule has 1 aromatic heterocycles. The van der Waals surface area contributed by atoms with Crippen LogP contribution in [0.2, 0.25) is 0 Å². The van der Waals surface area contributed by atoms with E-state index in [9.17, 15) is 9.59 Å². The molecule has 5 nitrogen and oxygen atoms in total. The summed E-state index contributed by atoms with van der Waals surface area (Å²) in [6.07, 6.45) is 3.14. The molecule has 0 radical (unpaired) electrons. The van der Waals surface area contributed by atoms with Crippen molar-refractivity contribution in [3.8, 4) is 0 Å². The average Bonchev–Trinajstić information content (AvgIpc) is 2.72. The Balaban J connectivity index is 1.46. The number of rotatable bonds is 3. The molecule has 3 aromatic rings. The van der Waals surface area contributed by atoms with E-state index >= 15 is 0 Å². The monoisotopic (exact) mass is 375 g/mol. The van der Waals surface area contributed by atoms with E-state index in [-0.39, 0.29) is 11.5 Å². The molecule has 0 unspecified atom stereocenters. The number of benzene rings is 2. The fourth-order valence-corrected chi connectivity index (χ4v) is 4.08. The van der Waals surface area contributed by atoms with Crippen LogP contribution in [0.1, 0.15) is 34.5 Å². The summed E-state index contributed by atoms with van der Waals surface area (Å²) >= 11 is 0. The molecule has 0 atom stereocenters. The van der Waals surface area contributed by atoms with Crippen LogP contribution in [0, 0.1) is 12.8 Å². The highest BCUT2D eigenvalue weighted by Gasteiger charge is 2.24.